The summed E-state index contributed by atoms with van der Waals surface area (Å²) < 4.78 is 41.0. The number of thiophene rings is 1. The third-order valence-corrected chi connectivity index (χ3v) is 8.82. The minimum absolute atomic E-state index is 0.0873. The Balaban J connectivity index is 1.86. The molecular weight excluding hydrogens is 507 g/mol. The predicted octanol–water partition coefficient (Wildman–Crippen LogP) is 7.05. The number of benzene rings is 3. The van der Waals surface area contributed by atoms with E-state index in [0.717, 1.165) is 35.1 Å². The summed E-state index contributed by atoms with van der Waals surface area (Å²) in [5.74, 6) is -0.812. The highest BCUT2D eigenvalue weighted by Gasteiger charge is 2.32. The number of nitrogens with two attached hydrogens (primary N) is 1. The Labute approximate surface area is 212 Å². The molecular formula is C26H22ClFN2O3S2. The van der Waals surface area contributed by atoms with Crippen LogP contribution in [0.25, 0.3) is 0 Å². The van der Waals surface area contributed by atoms with E-state index in [0.29, 0.717) is 17.2 Å². The monoisotopic (exact) mass is 528 g/mol. The molecule has 0 radical (unpaired) electrons. The van der Waals surface area contributed by atoms with Gasteiger partial charge in [0, 0.05) is 11.3 Å². The van der Waals surface area contributed by atoms with Crippen LogP contribution in [0.5, 0.6) is 0 Å². The average Bonchev–Trinajstić information content (AvgIpc) is 3.17. The molecule has 5 nitrogen and oxygen atoms in total. The highest BCUT2D eigenvalue weighted by Crippen LogP contribution is 2.44. The van der Waals surface area contributed by atoms with Crippen LogP contribution in [0.2, 0.25) is 5.02 Å². The van der Waals surface area contributed by atoms with E-state index in [1.165, 1.54) is 0 Å². The van der Waals surface area contributed by atoms with Gasteiger partial charge in [0.1, 0.15) is 20.6 Å². The number of nitrogen functional groups attached to an aromatic ring is 1. The van der Waals surface area contributed by atoms with Crippen LogP contribution in [-0.4, -0.2) is 14.2 Å². The molecule has 4 rings (SSSR count). The maximum Gasteiger partial charge on any atom is 0.211 e. The van der Waals surface area contributed by atoms with Crippen LogP contribution in [0, 0.1) is 5.82 Å². The van der Waals surface area contributed by atoms with Crippen LogP contribution >= 0.6 is 22.9 Å². The first-order valence-electron chi connectivity index (χ1n) is 10.7. The smallest absolute Gasteiger partial charge is 0.211 e. The van der Waals surface area contributed by atoms with Crippen LogP contribution in [0.4, 0.5) is 20.8 Å². The fraction of sp³-hybridized carbons (Fsp3) is 0.115. The number of anilines is 3. The largest absolute Gasteiger partial charge is 0.396 e. The Kier molecular flexibility index (Phi) is 6.98. The first kappa shape index (κ1) is 24.9. The van der Waals surface area contributed by atoms with Gasteiger partial charge in [0.2, 0.25) is 15.6 Å². The molecule has 1 aromatic heterocycles. The van der Waals surface area contributed by atoms with Crippen molar-refractivity contribution in [2.75, 3.05) is 11.1 Å². The van der Waals surface area contributed by atoms with Gasteiger partial charge in [-0.15, -0.1) is 11.3 Å². The Morgan fingerprint density at radius 2 is 1.69 bits per heavy atom. The van der Waals surface area contributed by atoms with Crippen LogP contribution in [0.3, 0.4) is 0 Å². The second kappa shape index (κ2) is 9.81. The van der Waals surface area contributed by atoms with Crippen molar-refractivity contribution in [3.63, 3.8) is 0 Å². The Morgan fingerprint density at radius 3 is 2.29 bits per heavy atom. The van der Waals surface area contributed by atoms with Gasteiger partial charge in [-0.3, -0.25) is 4.79 Å². The Hall–Kier alpha value is -3.20. The quantitative estimate of drug-likeness (QED) is 0.198. The van der Waals surface area contributed by atoms with Gasteiger partial charge in [-0.05, 0) is 41.8 Å². The van der Waals surface area contributed by atoms with Gasteiger partial charge in [-0.25, -0.2) is 12.8 Å². The lowest BCUT2D eigenvalue weighted by atomic mass is 10.0. The fourth-order valence-corrected chi connectivity index (χ4v) is 6.72. The van der Waals surface area contributed by atoms with Crippen LogP contribution in [0.1, 0.15) is 40.6 Å². The van der Waals surface area contributed by atoms with Crippen LogP contribution in [0.15, 0.2) is 82.6 Å². The number of carbonyl (C=O) groups is 1. The maximum absolute atomic E-state index is 13.7. The average molecular weight is 529 g/mol. The van der Waals surface area contributed by atoms with E-state index in [2.05, 4.69) is 19.2 Å². The molecule has 35 heavy (non-hydrogen) atoms. The molecule has 3 aromatic carbocycles. The van der Waals surface area contributed by atoms with Crippen LogP contribution < -0.4 is 11.1 Å². The van der Waals surface area contributed by atoms with E-state index in [1.54, 1.807) is 30.3 Å². The minimum Gasteiger partial charge on any atom is -0.396 e. The highest BCUT2D eigenvalue weighted by molar-refractivity contribution is 7.92. The van der Waals surface area contributed by atoms with Gasteiger partial charge < -0.3 is 11.1 Å². The molecule has 0 saturated heterocycles. The van der Waals surface area contributed by atoms with E-state index < -0.39 is 21.4 Å². The van der Waals surface area contributed by atoms with E-state index in [4.69, 9.17) is 17.3 Å². The molecule has 9 heteroatoms. The number of nitrogens with one attached hydrogen (secondary N) is 1. The number of hydrogen-bond donors (Lipinski definition) is 2. The van der Waals surface area contributed by atoms with Gasteiger partial charge in [0.15, 0.2) is 0 Å². The van der Waals surface area contributed by atoms with Crippen molar-refractivity contribution in [3.05, 3.63) is 99.6 Å². The van der Waals surface area contributed by atoms with E-state index in [1.807, 2.05) is 24.3 Å². The van der Waals surface area contributed by atoms with Crippen molar-refractivity contribution in [2.45, 2.75) is 29.6 Å². The van der Waals surface area contributed by atoms with Gasteiger partial charge in [0.05, 0.1) is 15.6 Å². The lowest BCUT2D eigenvalue weighted by Crippen LogP contribution is -2.08. The third-order valence-electron chi connectivity index (χ3n) is 5.45. The van der Waals surface area contributed by atoms with Gasteiger partial charge >= 0.3 is 0 Å². The zero-order chi connectivity index (χ0) is 25.3. The number of sulfone groups is 1. The highest BCUT2D eigenvalue weighted by atomic mass is 35.5. The lowest BCUT2D eigenvalue weighted by Gasteiger charge is -2.11. The SMILES string of the molecule is CC(C)c1ccc(Nc2sc(C(=O)c3ccccc3)c(N)c2S(=O)(=O)c2ccc(F)c(Cl)c2)cc1. The molecule has 4 aromatic rings. The lowest BCUT2D eigenvalue weighted by molar-refractivity contribution is 0.104. The van der Waals surface area contributed by atoms with Crippen molar-refractivity contribution in [1.82, 2.24) is 0 Å². The van der Waals surface area contributed by atoms with Crippen molar-refractivity contribution >= 4 is 54.9 Å². The summed E-state index contributed by atoms with van der Waals surface area (Å²) in [6.45, 7) is 4.14. The standard InChI is InChI=1S/C26H22ClFN2O3S2/c1-15(2)16-8-10-18(11-9-16)30-26-25(35(32,33)19-12-13-21(28)20(27)14-19)22(29)24(34-26)23(31)17-6-4-3-5-7-17/h3-15,30H,29H2,1-2H3. The molecule has 3 N–H and O–H groups in total. The Bertz CT molecular complexity index is 1500. The van der Waals surface area contributed by atoms with Crippen molar-refractivity contribution in [1.29, 1.82) is 0 Å². The third kappa shape index (κ3) is 4.96. The summed E-state index contributed by atoms with van der Waals surface area (Å²) >= 11 is 6.81. The first-order chi connectivity index (χ1) is 16.6. The summed E-state index contributed by atoms with van der Waals surface area (Å²) in [7, 11) is -4.26. The van der Waals surface area contributed by atoms with Gasteiger partial charge in [-0.2, -0.15) is 0 Å². The zero-order valence-electron chi connectivity index (χ0n) is 18.9. The summed E-state index contributed by atoms with van der Waals surface area (Å²) in [5, 5.41) is 2.95. The molecule has 0 aliphatic heterocycles. The van der Waals surface area contributed by atoms with E-state index in [9.17, 15) is 17.6 Å². The zero-order valence-corrected chi connectivity index (χ0v) is 21.3. The van der Waals surface area contributed by atoms with Crippen molar-refractivity contribution in [2.24, 2.45) is 0 Å². The summed E-state index contributed by atoms with van der Waals surface area (Å²) in [6, 6.07) is 19.1. The maximum atomic E-state index is 13.7. The van der Waals surface area contributed by atoms with Crippen LogP contribution in [-0.2, 0) is 9.84 Å². The summed E-state index contributed by atoms with van der Waals surface area (Å²) in [4.78, 5) is 12.8. The molecule has 0 atom stereocenters. The molecule has 0 fully saturated rings. The number of halogens is 2. The van der Waals surface area contributed by atoms with E-state index >= 15 is 0 Å². The molecule has 0 spiro atoms. The molecule has 1 heterocycles. The number of ketones is 1. The first-order valence-corrected chi connectivity index (χ1v) is 13.4. The number of rotatable bonds is 7. The summed E-state index contributed by atoms with van der Waals surface area (Å²) in [6.07, 6.45) is 0. The Morgan fingerprint density at radius 1 is 1.03 bits per heavy atom. The van der Waals surface area contributed by atoms with Gasteiger partial charge in [-0.1, -0.05) is 67.9 Å². The number of hydrogen-bond acceptors (Lipinski definition) is 6. The number of carbonyl (C=O) groups excluding carboxylic acids is 1. The van der Waals surface area contributed by atoms with Crippen molar-refractivity contribution < 1.29 is 17.6 Å². The predicted molar refractivity (Wildman–Crippen MR) is 139 cm³/mol. The van der Waals surface area contributed by atoms with Crippen molar-refractivity contribution in [3.8, 4) is 0 Å². The fourth-order valence-electron chi connectivity index (χ4n) is 3.51. The second-order valence-corrected chi connectivity index (χ2v) is 11.5. The minimum atomic E-state index is -4.26. The summed E-state index contributed by atoms with van der Waals surface area (Å²) in [5.41, 5.74) is 8.26. The molecule has 0 aliphatic carbocycles. The topological polar surface area (TPSA) is 89.3 Å². The normalized spacial score (nSPS) is 11.6. The van der Waals surface area contributed by atoms with Gasteiger partial charge in [0.25, 0.3) is 0 Å². The van der Waals surface area contributed by atoms with E-state index in [-0.39, 0.29) is 30.4 Å². The molecule has 0 saturated carbocycles. The molecule has 0 amide bonds. The molecule has 0 aliphatic rings. The second-order valence-electron chi connectivity index (χ2n) is 8.18. The molecule has 0 bridgehead atoms. The molecule has 0 unspecified atom stereocenters. The molecule has 180 valence electrons.